The van der Waals surface area contributed by atoms with Gasteiger partial charge in [-0.2, -0.15) is 0 Å². The molecule has 4 atom stereocenters. The van der Waals surface area contributed by atoms with Gasteiger partial charge in [-0.25, -0.2) is 37.5 Å². The number of hydrogen-bond acceptors (Lipinski definition) is 12. The second kappa shape index (κ2) is 19.5. The lowest BCUT2D eigenvalue weighted by Gasteiger charge is -2.24. The Balaban J connectivity index is 0.000000164. The first-order chi connectivity index (χ1) is 31.4. The molecule has 9 rings (SSSR count). The van der Waals surface area contributed by atoms with Crippen molar-refractivity contribution in [2.45, 2.75) is 95.7 Å². The van der Waals surface area contributed by atoms with Gasteiger partial charge in [0.25, 0.3) is 24.7 Å². The summed E-state index contributed by atoms with van der Waals surface area (Å²) in [4.78, 5) is 52.4. The number of carbonyl (C=O) groups is 3. The number of aromatic nitrogens is 5. The fourth-order valence-corrected chi connectivity index (χ4v) is 9.18. The van der Waals surface area contributed by atoms with Gasteiger partial charge in [0.15, 0.2) is 5.78 Å². The Morgan fingerprint density at radius 3 is 1.85 bits per heavy atom. The van der Waals surface area contributed by atoms with E-state index >= 15 is 0 Å². The van der Waals surface area contributed by atoms with Crippen LogP contribution in [0.15, 0.2) is 67.1 Å². The van der Waals surface area contributed by atoms with Crippen molar-refractivity contribution in [3.63, 3.8) is 0 Å². The van der Waals surface area contributed by atoms with E-state index in [0.29, 0.717) is 49.3 Å². The third kappa shape index (κ3) is 10.4. The summed E-state index contributed by atoms with van der Waals surface area (Å²) in [5.41, 5.74) is 6.38. The first kappa shape index (κ1) is 48.0. The lowest BCUT2D eigenvalue weighted by Crippen LogP contribution is -2.31. The molecule has 15 nitrogen and oxygen atoms in total. The molecule has 0 radical (unpaired) electrons. The van der Waals surface area contributed by atoms with Gasteiger partial charge in [0.05, 0.1) is 60.8 Å². The highest BCUT2D eigenvalue weighted by atomic mass is 35.5. The second-order valence-corrected chi connectivity index (χ2v) is 17.5. The first-order valence-electron chi connectivity index (χ1n) is 21.5. The maximum atomic E-state index is 13.0. The molecule has 4 fully saturated rings. The number of Topliss-reactive ketones (excluding diaryl/α,β-unsaturated/α-hetero) is 1. The molecule has 5 aromatic rings. The SMILES string of the molecule is CC12CCC(C(=O)CCl)(CO1)C2.CCOc1cc(N)ncc1NC(=O)c1cccc(C(F)F)n1.CCOc1cc2nc(C34CCC(C)(C3)OC4)cn2cc1NC(=O)c1cccc(C(F)F)n1. The van der Waals surface area contributed by atoms with Crippen LogP contribution < -0.4 is 25.8 Å². The Morgan fingerprint density at radius 2 is 1.36 bits per heavy atom. The molecule has 2 saturated heterocycles. The van der Waals surface area contributed by atoms with Crippen molar-refractivity contribution >= 4 is 52.0 Å². The van der Waals surface area contributed by atoms with E-state index in [0.717, 1.165) is 50.3 Å². The van der Waals surface area contributed by atoms with E-state index in [1.165, 1.54) is 42.6 Å². The van der Waals surface area contributed by atoms with Gasteiger partial charge < -0.3 is 39.7 Å². The fraction of sp³-hybridized carbons (Fsp3) is 0.457. The Hall–Kier alpha value is -5.92. The summed E-state index contributed by atoms with van der Waals surface area (Å²) in [6.45, 7) is 9.85. The van der Waals surface area contributed by atoms with Crippen LogP contribution in [0, 0.1) is 5.41 Å². The van der Waals surface area contributed by atoms with Gasteiger partial charge in [0, 0.05) is 29.9 Å². The molecular formula is C46H51ClF4N8O7. The number of nitrogens with zero attached hydrogens (tertiary/aromatic N) is 5. The summed E-state index contributed by atoms with van der Waals surface area (Å²) in [6.07, 6.45) is 5.37. The minimum Gasteiger partial charge on any atom is -0.491 e. The molecule has 0 spiro atoms. The summed E-state index contributed by atoms with van der Waals surface area (Å²) >= 11 is 5.56. The van der Waals surface area contributed by atoms with E-state index in [1.54, 1.807) is 19.2 Å². The third-order valence-electron chi connectivity index (χ3n) is 12.3. The summed E-state index contributed by atoms with van der Waals surface area (Å²) in [7, 11) is 0. The van der Waals surface area contributed by atoms with Crippen LogP contribution >= 0.6 is 11.6 Å². The smallest absolute Gasteiger partial charge is 0.280 e. The van der Waals surface area contributed by atoms with Gasteiger partial charge in [-0.1, -0.05) is 12.1 Å². The molecule has 5 aromatic heterocycles. The minimum atomic E-state index is -2.75. The number of pyridine rings is 4. The molecule has 20 heteroatoms. The highest BCUT2D eigenvalue weighted by molar-refractivity contribution is 6.28. The lowest BCUT2D eigenvalue weighted by atomic mass is 9.84. The Labute approximate surface area is 383 Å². The molecule has 2 aliphatic heterocycles. The molecule has 66 heavy (non-hydrogen) atoms. The number of halogens is 5. The van der Waals surface area contributed by atoms with E-state index in [2.05, 4.69) is 39.4 Å². The molecular weight excluding hydrogens is 888 g/mol. The maximum Gasteiger partial charge on any atom is 0.280 e. The number of ether oxygens (including phenoxy) is 4. The van der Waals surface area contributed by atoms with Crippen LogP contribution in [0.5, 0.6) is 11.5 Å². The normalized spacial score (nSPS) is 23.6. The van der Waals surface area contributed by atoms with Crippen molar-refractivity contribution < 1.29 is 50.9 Å². The number of hydrogen-bond donors (Lipinski definition) is 3. The van der Waals surface area contributed by atoms with Crippen molar-refractivity contribution in [2.75, 3.05) is 48.7 Å². The predicted octanol–water partition coefficient (Wildman–Crippen LogP) is 8.93. The number of ketones is 1. The van der Waals surface area contributed by atoms with Gasteiger partial charge in [-0.3, -0.25) is 14.4 Å². The zero-order chi connectivity index (χ0) is 47.4. The highest BCUT2D eigenvalue weighted by Crippen LogP contribution is 2.54. The maximum absolute atomic E-state index is 13.0. The highest BCUT2D eigenvalue weighted by Gasteiger charge is 2.57. The molecule has 4 aliphatic rings. The molecule has 352 valence electrons. The first-order valence-corrected chi connectivity index (χ1v) is 22.0. The van der Waals surface area contributed by atoms with Crippen LogP contribution in [0.25, 0.3) is 5.65 Å². The van der Waals surface area contributed by atoms with Crippen LogP contribution in [0.2, 0.25) is 0 Å². The second-order valence-electron chi connectivity index (χ2n) is 17.3. The number of rotatable bonds is 13. The summed E-state index contributed by atoms with van der Waals surface area (Å²) in [6, 6.07) is 11.0. The van der Waals surface area contributed by atoms with Crippen LogP contribution in [-0.4, -0.2) is 85.4 Å². The lowest BCUT2D eigenvalue weighted by molar-refractivity contribution is -0.127. The van der Waals surface area contributed by atoms with Crippen molar-refractivity contribution in [2.24, 2.45) is 5.41 Å². The summed E-state index contributed by atoms with van der Waals surface area (Å²) < 4.78 is 75.6. The molecule has 2 aliphatic carbocycles. The van der Waals surface area contributed by atoms with E-state index in [1.807, 2.05) is 17.5 Å². The van der Waals surface area contributed by atoms with Crippen molar-refractivity contribution in [1.29, 1.82) is 0 Å². The fourth-order valence-electron chi connectivity index (χ4n) is 8.90. The van der Waals surface area contributed by atoms with Gasteiger partial charge in [0.2, 0.25) is 0 Å². The van der Waals surface area contributed by atoms with Crippen LogP contribution in [-0.2, 0) is 19.7 Å². The molecule has 2 saturated carbocycles. The number of nitrogens with two attached hydrogens (primary N) is 1. The molecule has 2 amide bonds. The van der Waals surface area contributed by atoms with Crippen molar-refractivity contribution in [3.8, 4) is 11.5 Å². The number of imidazole rings is 1. The molecule has 0 aromatic carbocycles. The van der Waals surface area contributed by atoms with E-state index in [4.69, 9.17) is 41.3 Å². The van der Waals surface area contributed by atoms with Gasteiger partial charge in [-0.15, -0.1) is 11.6 Å². The molecule has 7 heterocycles. The van der Waals surface area contributed by atoms with Gasteiger partial charge in [0.1, 0.15) is 57.1 Å². The van der Waals surface area contributed by atoms with Gasteiger partial charge in [-0.05, 0) is 90.5 Å². The summed E-state index contributed by atoms with van der Waals surface area (Å²) in [5.74, 6) is 0.0990. The van der Waals surface area contributed by atoms with Crippen molar-refractivity contribution in [3.05, 3.63) is 95.6 Å². The van der Waals surface area contributed by atoms with E-state index < -0.39 is 36.1 Å². The third-order valence-corrected chi connectivity index (χ3v) is 12.6. The Morgan fingerprint density at radius 1 is 0.788 bits per heavy atom. The number of nitrogen functional groups attached to an aromatic ring is 1. The predicted molar refractivity (Wildman–Crippen MR) is 237 cm³/mol. The molecule has 4 N–H and O–H groups in total. The number of fused-ring (bicyclic) bond motifs is 5. The van der Waals surface area contributed by atoms with Gasteiger partial charge >= 0.3 is 0 Å². The topological polar surface area (TPSA) is 194 Å². The van der Waals surface area contributed by atoms with Crippen LogP contribution in [0.1, 0.15) is 117 Å². The van der Waals surface area contributed by atoms with Crippen molar-refractivity contribution in [1.82, 2.24) is 24.3 Å². The largest absolute Gasteiger partial charge is 0.491 e. The monoisotopic (exact) mass is 938 g/mol. The average Bonchev–Trinajstić information content (AvgIpc) is 4.13. The quantitative estimate of drug-likeness (QED) is 0.0751. The van der Waals surface area contributed by atoms with Crippen LogP contribution in [0.3, 0.4) is 0 Å². The molecule has 4 bridgehead atoms. The number of alkyl halides is 5. The number of amides is 2. The van der Waals surface area contributed by atoms with E-state index in [9.17, 15) is 31.9 Å². The average molecular weight is 939 g/mol. The van der Waals surface area contributed by atoms with E-state index in [-0.39, 0.29) is 56.6 Å². The Kier molecular flexibility index (Phi) is 14.2. The zero-order valence-corrected chi connectivity index (χ0v) is 37.6. The summed E-state index contributed by atoms with van der Waals surface area (Å²) in [5, 5.41) is 5.26. The Bertz CT molecular complexity index is 2580. The standard InChI is InChI=1S/C23H24F2N4O3.C14H14F2N4O2.C9H13ClO2/c1-3-31-17-9-19-28-18(23-8-7-22(2,12-23)32-13-23)11-29(19)10-16(17)27-21(30)15-6-4-5-14(26-15)20(24)25;1-2-22-11-6-12(17)18-7-10(11)20-14(21)9-5-3-4-8(19-9)13(15)16;1-8-2-3-9(5-8,6-12-8)7(11)4-10/h4-6,9-11,20H,3,7-8,12-13H2,1-2H3,(H,27,30);3-7,13H,2H2,1H3,(H2,17,18)(H,20,21);2-6H2,1H3. The number of anilines is 3. The molecule has 4 unspecified atom stereocenters. The minimum absolute atomic E-state index is 0.0261. The van der Waals surface area contributed by atoms with Crippen LogP contribution in [0.4, 0.5) is 34.8 Å². The zero-order valence-electron chi connectivity index (χ0n) is 36.8. The number of nitrogens with one attached hydrogen (secondary N) is 2. The number of carbonyl (C=O) groups excluding carboxylic acids is 3.